The number of carboxylic acids is 1. The number of carbonyl (C=O) groups excluding carboxylic acids is 1. The number of morpholine rings is 1. The Hall–Kier alpha value is -1.10. The average molecular weight is 382 g/mol. The van der Waals surface area contributed by atoms with E-state index in [4.69, 9.17) is 15.2 Å². The lowest BCUT2D eigenvalue weighted by Crippen LogP contribution is -2.69. The fourth-order valence-corrected chi connectivity index (χ4v) is 4.82. The molecule has 5 N–H and O–H groups in total. The molecule has 0 saturated carbocycles. The fraction of sp³-hybridized carbons (Fsp3) is 0.889. The highest BCUT2D eigenvalue weighted by molar-refractivity contribution is 5.89. The predicted octanol–water partition coefficient (Wildman–Crippen LogP) is -1.28. The zero-order chi connectivity index (χ0) is 19.0. The minimum atomic E-state index is -0.969. The van der Waals surface area contributed by atoms with Gasteiger partial charge in [-0.2, -0.15) is 0 Å². The Labute approximate surface area is 158 Å². The van der Waals surface area contributed by atoms with E-state index in [0.717, 1.165) is 52.1 Å². The van der Waals surface area contributed by atoms with Crippen LogP contribution in [-0.4, -0.2) is 85.2 Å². The van der Waals surface area contributed by atoms with E-state index in [9.17, 15) is 14.7 Å². The highest BCUT2D eigenvalue weighted by Crippen LogP contribution is 2.35. The summed E-state index contributed by atoms with van der Waals surface area (Å²) in [7, 11) is 0. The Morgan fingerprint density at radius 1 is 1.26 bits per heavy atom. The van der Waals surface area contributed by atoms with Crippen LogP contribution < -0.4 is 16.4 Å². The molecule has 0 aliphatic carbocycles. The first-order chi connectivity index (χ1) is 13.0. The molecule has 4 rings (SSSR count). The molecule has 0 bridgehead atoms. The second-order valence-corrected chi connectivity index (χ2v) is 8.14. The van der Waals surface area contributed by atoms with Gasteiger partial charge in [0.05, 0.1) is 43.4 Å². The van der Waals surface area contributed by atoms with Crippen molar-refractivity contribution in [2.24, 2.45) is 17.6 Å². The van der Waals surface area contributed by atoms with E-state index in [1.807, 2.05) is 0 Å². The van der Waals surface area contributed by atoms with E-state index in [1.54, 1.807) is 0 Å². The average Bonchev–Trinajstić information content (AvgIpc) is 2.67. The minimum Gasteiger partial charge on any atom is -0.481 e. The fourth-order valence-electron chi connectivity index (χ4n) is 4.82. The summed E-state index contributed by atoms with van der Waals surface area (Å²) in [4.78, 5) is 26.9. The Morgan fingerprint density at radius 2 is 2.04 bits per heavy atom. The molecule has 4 fully saturated rings. The molecule has 0 spiro atoms. The van der Waals surface area contributed by atoms with Gasteiger partial charge in [0.1, 0.15) is 6.23 Å². The number of hydrogen-bond donors (Lipinski definition) is 4. The van der Waals surface area contributed by atoms with Crippen LogP contribution in [0.15, 0.2) is 0 Å². The molecule has 0 aromatic carbocycles. The van der Waals surface area contributed by atoms with Crippen molar-refractivity contribution >= 4 is 11.8 Å². The maximum absolute atomic E-state index is 13.1. The van der Waals surface area contributed by atoms with Crippen LogP contribution in [0.2, 0.25) is 0 Å². The molecule has 4 aliphatic heterocycles. The number of aliphatic carboxylic acids is 1. The summed E-state index contributed by atoms with van der Waals surface area (Å²) in [6.45, 7) is 4.51. The van der Waals surface area contributed by atoms with Gasteiger partial charge >= 0.3 is 5.97 Å². The summed E-state index contributed by atoms with van der Waals surface area (Å²) < 4.78 is 11.5. The second-order valence-electron chi connectivity index (χ2n) is 8.14. The quantitative estimate of drug-likeness (QED) is 0.470. The maximum atomic E-state index is 13.1. The zero-order valence-corrected chi connectivity index (χ0v) is 15.5. The monoisotopic (exact) mass is 382 g/mol. The van der Waals surface area contributed by atoms with Gasteiger partial charge in [0.25, 0.3) is 0 Å². The molecule has 9 heteroatoms. The lowest BCUT2D eigenvalue weighted by Gasteiger charge is -2.49. The number of hydrogen-bond acceptors (Lipinski definition) is 8. The van der Waals surface area contributed by atoms with Gasteiger partial charge in [-0.3, -0.25) is 19.8 Å². The lowest BCUT2D eigenvalue weighted by molar-refractivity contribution is -0.175. The molecule has 4 heterocycles. The number of piperidine rings is 2. The first-order valence-electron chi connectivity index (χ1n) is 10.0. The van der Waals surface area contributed by atoms with Crippen LogP contribution in [0.5, 0.6) is 0 Å². The van der Waals surface area contributed by atoms with E-state index >= 15 is 0 Å². The van der Waals surface area contributed by atoms with Crippen LogP contribution in [0.1, 0.15) is 25.7 Å². The van der Waals surface area contributed by atoms with Crippen molar-refractivity contribution in [3.63, 3.8) is 0 Å². The third-order valence-electron chi connectivity index (χ3n) is 6.46. The van der Waals surface area contributed by atoms with Crippen LogP contribution in [0.3, 0.4) is 0 Å². The van der Waals surface area contributed by atoms with Gasteiger partial charge in [-0.05, 0) is 32.2 Å². The van der Waals surface area contributed by atoms with Crippen molar-refractivity contribution in [2.45, 2.75) is 56.3 Å². The number of ketones is 1. The largest absolute Gasteiger partial charge is 0.481 e. The summed E-state index contributed by atoms with van der Waals surface area (Å²) in [6.07, 6.45) is 1.70. The van der Waals surface area contributed by atoms with Crippen molar-refractivity contribution < 1.29 is 24.2 Å². The molecule has 7 unspecified atom stereocenters. The Morgan fingerprint density at radius 3 is 2.78 bits per heavy atom. The summed E-state index contributed by atoms with van der Waals surface area (Å²) in [5.41, 5.74) is 5.92. The molecule has 4 saturated heterocycles. The van der Waals surface area contributed by atoms with Crippen molar-refractivity contribution in [1.82, 2.24) is 15.5 Å². The number of ether oxygens (including phenoxy) is 2. The molecule has 4 aliphatic rings. The SMILES string of the molecule is NC1NC2OC3CCC(CCN4CCOCC4)NC3C(=O)C2CC1C(=O)O. The maximum Gasteiger partial charge on any atom is 0.309 e. The number of nitrogens with one attached hydrogen (secondary N) is 2. The molecular formula is C18H30N4O5. The lowest BCUT2D eigenvalue weighted by atomic mass is 9.77. The number of nitrogens with zero attached hydrogens (tertiary/aromatic N) is 1. The molecule has 0 amide bonds. The van der Waals surface area contributed by atoms with Crippen LogP contribution in [0.25, 0.3) is 0 Å². The van der Waals surface area contributed by atoms with Crippen LogP contribution in [0.4, 0.5) is 0 Å². The van der Waals surface area contributed by atoms with Crippen LogP contribution in [0, 0.1) is 11.8 Å². The Bertz CT molecular complexity index is 570. The first-order valence-corrected chi connectivity index (χ1v) is 10.0. The molecule has 0 aromatic rings. The molecule has 0 radical (unpaired) electrons. The van der Waals surface area contributed by atoms with Gasteiger partial charge in [-0.25, -0.2) is 0 Å². The van der Waals surface area contributed by atoms with Gasteiger partial charge in [-0.1, -0.05) is 0 Å². The molecule has 152 valence electrons. The van der Waals surface area contributed by atoms with Crippen molar-refractivity contribution in [1.29, 1.82) is 0 Å². The predicted molar refractivity (Wildman–Crippen MR) is 95.8 cm³/mol. The molecule has 7 atom stereocenters. The van der Waals surface area contributed by atoms with E-state index in [1.165, 1.54) is 0 Å². The molecule has 0 aromatic heterocycles. The topological polar surface area (TPSA) is 126 Å². The second kappa shape index (κ2) is 8.10. The number of Topliss-reactive ketones (excluding diaryl/α,β-unsaturated/α-hetero) is 1. The van der Waals surface area contributed by atoms with Gasteiger partial charge in [0.2, 0.25) is 0 Å². The van der Waals surface area contributed by atoms with E-state index in [0.29, 0.717) is 0 Å². The standard InChI is InChI=1S/C18H30N4O5/c19-16-12(18(24)25)9-11-15(23)14-13(27-17(11)21-16)2-1-10(20-14)3-4-22-5-7-26-8-6-22/h10-14,16-17,20-21H,1-9,19H2,(H,24,25). The van der Waals surface area contributed by atoms with Crippen molar-refractivity contribution in [3.05, 3.63) is 0 Å². The van der Waals surface area contributed by atoms with Gasteiger partial charge in [0.15, 0.2) is 5.78 Å². The summed E-state index contributed by atoms with van der Waals surface area (Å²) in [5.74, 6) is -2.13. The van der Waals surface area contributed by atoms with Crippen molar-refractivity contribution in [2.75, 3.05) is 32.8 Å². The zero-order valence-electron chi connectivity index (χ0n) is 15.5. The van der Waals surface area contributed by atoms with Crippen molar-refractivity contribution in [3.8, 4) is 0 Å². The van der Waals surface area contributed by atoms with E-state index in [-0.39, 0.29) is 30.4 Å². The summed E-state index contributed by atoms with van der Waals surface area (Å²) in [5, 5.41) is 15.8. The Kier molecular flexibility index (Phi) is 5.77. The van der Waals surface area contributed by atoms with E-state index in [2.05, 4.69) is 15.5 Å². The number of carboxylic acid groups (broad SMARTS) is 1. The van der Waals surface area contributed by atoms with Crippen LogP contribution in [-0.2, 0) is 19.1 Å². The highest BCUT2D eigenvalue weighted by atomic mass is 16.5. The number of rotatable bonds is 4. The molecular weight excluding hydrogens is 352 g/mol. The number of nitrogens with two attached hydrogens (primary N) is 1. The summed E-state index contributed by atoms with van der Waals surface area (Å²) in [6, 6.07) is -0.0625. The van der Waals surface area contributed by atoms with Gasteiger partial charge in [0, 0.05) is 19.1 Å². The number of fused-ring (bicyclic) bond motifs is 2. The van der Waals surface area contributed by atoms with Gasteiger partial charge < -0.3 is 25.6 Å². The summed E-state index contributed by atoms with van der Waals surface area (Å²) >= 11 is 0. The smallest absolute Gasteiger partial charge is 0.309 e. The van der Waals surface area contributed by atoms with E-state index < -0.39 is 30.2 Å². The van der Waals surface area contributed by atoms with Crippen LogP contribution >= 0.6 is 0 Å². The normalized spacial score (nSPS) is 43.0. The first kappa shape index (κ1) is 19.2. The molecule has 27 heavy (non-hydrogen) atoms. The minimum absolute atomic E-state index is 0.0676. The third-order valence-corrected chi connectivity index (χ3v) is 6.46. The highest BCUT2D eigenvalue weighted by Gasteiger charge is 2.51. The Balaban J connectivity index is 1.35. The van der Waals surface area contributed by atoms with Gasteiger partial charge in [-0.15, -0.1) is 0 Å². The number of carbonyl (C=O) groups is 2. The molecule has 9 nitrogen and oxygen atoms in total. The third kappa shape index (κ3) is 4.03.